The summed E-state index contributed by atoms with van der Waals surface area (Å²) >= 11 is 1.50. The minimum absolute atomic E-state index is 0.247. The minimum Gasteiger partial charge on any atom is -0.328 e. The van der Waals surface area contributed by atoms with Gasteiger partial charge in [-0.05, 0) is 31.2 Å². The highest BCUT2D eigenvalue weighted by molar-refractivity contribution is 7.98. The molecule has 0 unspecified atom stereocenters. The van der Waals surface area contributed by atoms with Crippen molar-refractivity contribution in [3.63, 3.8) is 0 Å². The first kappa shape index (κ1) is 17.8. The van der Waals surface area contributed by atoms with Crippen LogP contribution in [0.15, 0.2) is 46.7 Å². The standard InChI is InChI=1S/C16H19N5O2S2/c1-4-21-14-7-6-12(25(22,23)20(2)3)10-13(14)19-15(21)11-24-16-17-8-5-9-18-16/h5-10H,4,11H2,1-3H3. The van der Waals surface area contributed by atoms with Gasteiger partial charge in [0.1, 0.15) is 5.82 Å². The van der Waals surface area contributed by atoms with Gasteiger partial charge in [0, 0.05) is 33.0 Å². The highest BCUT2D eigenvalue weighted by atomic mass is 32.2. The van der Waals surface area contributed by atoms with E-state index in [4.69, 9.17) is 0 Å². The number of aryl methyl sites for hydroxylation is 1. The van der Waals surface area contributed by atoms with Crippen molar-refractivity contribution in [2.24, 2.45) is 0 Å². The van der Waals surface area contributed by atoms with Gasteiger partial charge in [-0.15, -0.1) is 0 Å². The number of rotatable bonds is 6. The Morgan fingerprint density at radius 3 is 2.56 bits per heavy atom. The quantitative estimate of drug-likeness (QED) is 0.485. The molecule has 2 aromatic heterocycles. The Hall–Kier alpha value is -1.97. The van der Waals surface area contributed by atoms with Gasteiger partial charge in [-0.3, -0.25) is 0 Å². The summed E-state index contributed by atoms with van der Waals surface area (Å²) in [5.74, 6) is 1.48. The van der Waals surface area contributed by atoms with E-state index in [1.54, 1.807) is 30.6 Å². The first-order valence-electron chi connectivity index (χ1n) is 7.75. The van der Waals surface area contributed by atoms with Gasteiger partial charge in [-0.2, -0.15) is 0 Å². The SMILES string of the molecule is CCn1c(CSc2ncccn2)nc2cc(S(=O)(=O)N(C)C)ccc21. The van der Waals surface area contributed by atoms with Crippen LogP contribution in [-0.4, -0.2) is 46.3 Å². The van der Waals surface area contributed by atoms with Crippen molar-refractivity contribution in [2.45, 2.75) is 29.3 Å². The molecule has 132 valence electrons. The number of sulfonamides is 1. The molecule has 3 aromatic rings. The van der Waals surface area contributed by atoms with E-state index in [0.717, 1.165) is 17.9 Å². The van der Waals surface area contributed by atoms with Gasteiger partial charge in [-0.1, -0.05) is 11.8 Å². The largest absolute Gasteiger partial charge is 0.328 e. The molecule has 25 heavy (non-hydrogen) atoms. The summed E-state index contributed by atoms with van der Waals surface area (Å²) in [6.07, 6.45) is 3.41. The van der Waals surface area contributed by atoms with Crippen LogP contribution >= 0.6 is 11.8 Å². The predicted molar refractivity (Wildman–Crippen MR) is 97.9 cm³/mol. The number of nitrogens with zero attached hydrogens (tertiary/aromatic N) is 5. The van der Waals surface area contributed by atoms with E-state index in [1.807, 2.05) is 13.0 Å². The molecule has 0 saturated carbocycles. The lowest BCUT2D eigenvalue weighted by Crippen LogP contribution is -2.22. The number of hydrogen-bond donors (Lipinski definition) is 0. The maximum Gasteiger partial charge on any atom is 0.242 e. The third-order valence-electron chi connectivity index (χ3n) is 3.77. The number of fused-ring (bicyclic) bond motifs is 1. The molecule has 0 aliphatic rings. The van der Waals surface area contributed by atoms with Crippen molar-refractivity contribution in [1.82, 2.24) is 23.8 Å². The molecule has 2 heterocycles. The molecule has 3 rings (SSSR count). The minimum atomic E-state index is -3.48. The summed E-state index contributed by atoms with van der Waals surface area (Å²) in [6, 6.07) is 6.85. The zero-order chi connectivity index (χ0) is 18.0. The maximum absolute atomic E-state index is 12.3. The number of thioether (sulfide) groups is 1. The molecule has 0 aliphatic carbocycles. The van der Waals surface area contributed by atoms with Crippen molar-refractivity contribution in [1.29, 1.82) is 0 Å². The van der Waals surface area contributed by atoms with Crippen LogP contribution in [0.25, 0.3) is 11.0 Å². The summed E-state index contributed by atoms with van der Waals surface area (Å²) < 4.78 is 27.9. The van der Waals surface area contributed by atoms with E-state index in [-0.39, 0.29) is 4.90 Å². The second-order valence-corrected chi connectivity index (χ2v) is 8.62. The molecular formula is C16H19N5O2S2. The van der Waals surface area contributed by atoms with Crippen LogP contribution in [0.3, 0.4) is 0 Å². The van der Waals surface area contributed by atoms with E-state index < -0.39 is 10.0 Å². The lowest BCUT2D eigenvalue weighted by atomic mass is 10.3. The normalized spacial score (nSPS) is 12.2. The molecule has 0 radical (unpaired) electrons. The highest BCUT2D eigenvalue weighted by Gasteiger charge is 2.19. The highest BCUT2D eigenvalue weighted by Crippen LogP contribution is 2.25. The Bertz CT molecular complexity index is 984. The Morgan fingerprint density at radius 2 is 1.92 bits per heavy atom. The van der Waals surface area contributed by atoms with E-state index in [1.165, 1.54) is 30.2 Å². The Morgan fingerprint density at radius 1 is 1.20 bits per heavy atom. The molecule has 7 nitrogen and oxygen atoms in total. The van der Waals surface area contributed by atoms with Gasteiger partial charge in [0.25, 0.3) is 0 Å². The summed E-state index contributed by atoms with van der Waals surface area (Å²) in [7, 11) is -0.435. The number of aromatic nitrogens is 4. The third-order valence-corrected chi connectivity index (χ3v) is 6.45. The molecule has 0 fully saturated rings. The average molecular weight is 377 g/mol. The summed E-state index contributed by atoms with van der Waals surface area (Å²) in [5, 5.41) is 0.688. The Labute approximate surface area is 151 Å². The fourth-order valence-corrected chi connectivity index (χ4v) is 4.15. The number of hydrogen-bond acceptors (Lipinski definition) is 6. The van der Waals surface area contributed by atoms with Crippen LogP contribution < -0.4 is 0 Å². The van der Waals surface area contributed by atoms with Crippen LogP contribution in [0.2, 0.25) is 0 Å². The van der Waals surface area contributed by atoms with Gasteiger partial charge in [-0.25, -0.2) is 27.7 Å². The molecule has 0 N–H and O–H groups in total. The average Bonchev–Trinajstić information content (AvgIpc) is 2.97. The van der Waals surface area contributed by atoms with E-state index in [2.05, 4.69) is 19.5 Å². The van der Waals surface area contributed by atoms with Crippen molar-refractivity contribution < 1.29 is 8.42 Å². The third kappa shape index (κ3) is 3.53. The summed E-state index contributed by atoms with van der Waals surface area (Å²) in [4.78, 5) is 13.3. The molecule has 0 aliphatic heterocycles. The molecule has 0 atom stereocenters. The van der Waals surface area contributed by atoms with Gasteiger partial charge < -0.3 is 4.57 Å². The monoisotopic (exact) mass is 377 g/mol. The van der Waals surface area contributed by atoms with Crippen LogP contribution in [0.1, 0.15) is 12.7 Å². The van der Waals surface area contributed by atoms with Gasteiger partial charge in [0.2, 0.25) is 10.0 Å². The first-order chi connectivity index (χ1) is 11.9. The fraction of sp³-hybridized carbons (Fsp3) is 0.312. The van der Waals surface area contributed by atoms with Crippen molar-refractivity contribution in [2.75, 3.05) is 14.1 Å². The van der Waals surface area contributed by atoms with Crippen LogP contribution in [0, 0.1) is 0 Å². The van der Waals surface area contributed by atoms with E-state index >= 15 is 0 Å². The van der Waals surface area contributed by atoms with Gasteiger partial charge in [0.05, 0.1) is 21.7 Å². The molecule has 0 saturated heterocycles. The molecular weight excluding hydrogens is 358 g/mol. The van der Waals surface area contributed by atoms with Gasteiger partial charge >= 0.3 is 0 Å². The van der Waals surface area contributed by atoms with Gasteiger partial charge in [0.15, 0.2) is 5.16 Å². The Balaban J connectivity index is 1.97. The van der Waals surface area contributed by atoms with E-state index in [0.29, 0.717) is 16.4 Å². The molecule has 0 amide bonds. The summed E-state index contributed by atoms with van der Waals surface area (Å²) in [6.45, 7) is 2.79. The van der Waals surface area contributed by atoms with Crippen molar-refractivity contribution >= 4 is 32.8 Å². The number of benzene rings is 1. The lowest BCUT2D eigenvalue weighted by molar-refractivity contribution is 0.521. The summed E-state index contributed by atoms with van der Waals surface area (Å²) in [5.41, 5.74) is 1.60. The molecule has 0 bridgehead atoms. The first-order valence-corrected chi connectivity index (χ1v) is 10.2. The molecule has 1 aromatic carbocycles. The van der Waals surface area contributed by atoms with E-state index in [9.17, 15) is 8.42 Å². The smallest absolute Gasteiger partial charge is 0.242 e. The second-order valence-electron chi connectivity index (χ2n) is 5.53. The fourth-order valence-electron chi connectivity index (χ4n) is 2.48. The Kier molecular flexibility index (Phi) is 5.07. The van der Waals surface area contributed by atoms with Crippen LogP contribution in [0.5, 0.6) is 0 Å². The van der Waals surface area contributed by atoms with Crippen LogP contribution in [-0.2, 0) is 22.3 Å². The number of imidazole rings is 1. The lowest BCUT2D eigenvalue weighted by Gasteiger charge is -2.11. The maximum atomic E-state index is 12.3. The zero-order valence-electron chi connectivity index (χ0n) is 14.2. The van der Waals surface area contributed by atoms with Crippen molar-refractivity contribution in [3.05, 3.63) is 42.5 Å². The van der Waals surface area contributed by atoms with Crippen molar-refractivity contribution in [3.8, 4) is 0 Å². The zero-order valence-corrected chi connectivity index (χ0v) is 15.9. The molecule has 0 spiro atoms. The molecule has 9 heteroatoms. The topological polar surface area (TPSA) is 81.0 Å². The van der Waals surface area contributed by atoms with Crippen LogP contribution in [0.4, 0.5) is 0 Å². The predicted octanol–water partition coefficient (Wildman–Crippen LogP) is 2.39. The second kappa shape index (κ2) is 7.11.